The first kappa shape index (κ1) is 21.8. The summed E-state index contributed by atoms with van der Waals surface area (Å²) in [7, 11) is 1.56. The minimum absolute atomic E-state index is 0.137. The largest absolute Gasteiger partial charge is 0.497 e. The zero-order valence-electron chi connectivity index (χ0n) is 17.8. The van der Waals surface area contributed by atoms with E-state index in [1.165, 1.54) is 24.3 Å². The van der Waals surface area contributed by atoms with Gasteiger partial charge in [0.1, 0.15) is 17.6 Å². The number of amides is 3. The van der Waals surface area contributed by atoms with Crippen molar-refractivity contribution in [3.8, 4) is 5.75 Å². The number of carbonyl (C=O) groups is 3. The van der Waals surface area contributed by atoms with Crippen LogP contribution in [0.4, 0.5) is 10.1 Å². The lowest BCUT2D eigenvalue weighted by Gasteiger charge is -2.48. The number of fused-ring (bicyclic) bond motifs is 1. The summed E-state index contributed by atoms with van der Waals surface area (Å²) < 4.78 is 18.5. The Morgan fingerprint density at radius 1 is 1.09 bits per heavy atom. The summed E-state index contributed by atoms with van der Waals surface area (Å²) in [5, 5.41) is 5.79. The van der Waals surface area contributed by atoms with Crippen LogP contribution in [0.5, 0.6) is 5.75 Å². The Labute approximate surface area is 185 Å². The third-order valence-electron chi connectivity index (χ3n) is 6.13. The summed E-state index contributed by atoms with van der Waals surface area (Å²) in [4.78, 5) is 40.7. The number of halogens is 1. The Morgan fingerprint density at radius 3 is 2.47 bits per heavy atom. The normalized spacial score (nSPS) is 22.5. The highest BCUT2D eigenvalue weighted by Crippen LogP contribution is 2.31. The summed E-state index contributed by atoms with van der Waals surface area (Å²) in [5.74, 6) is -0.855. The molecule has 0 unspecified atom stereocenters. The fourth-order valence-corrected chi connectivity index (χ4v) is 4.54. The molecule has 2 aromatic rings. The lowest BCUT2D eigenvalue weighted by atomic mass is 9.84. The number of ether oxygens (including phenoxy) is 1. The molecule has 0 radical (unpaired) electrons. The van der Waals surface area contributed by atoms with Crippen molar-refractivity contribution < 1.29 is 23.5 Å². The van der Waals surface area contributed by atoms with Crippen molar-refractivity contribution in [2.75, 3.05) is 12.4 Å². The summed E-state index contributed by atoms with van der Waals surface area (Å²) in [6.07, 6.45) is 3.27. The van der Waals surface area contributed by atoms with E-state index in [1.807, 2.05) is 0 Å². The van der Waals surface area contributed by atoms with Crippen molar-refractivity contribution in [1.82, 2.24) is 10.2 Å². The van der Waals surface area contributed by atoms with Crippen molar-refractivity contribution in [3.63, 3.8) is 0 Å². The van der Waals surface area contributed by atoms with Gasteiger partial charge in [0.15, 0.2) is 0 Å². The molecule has 4 rings (SSSR count). The molecule has 1 heterocycles. The molecule has 168 valence electrons. The molecule has 2 aromatic carbocycles. The molecule has 1 aliphatic heterocycles. The quantitative estimate of drug-likeness (QED) is 0.750. The zero-order chi connectivity index (χ0) is 22.7. The molecule has 2 fully saturated rings. The van der Waals surface area contributed by atoms with Gasteiger partial charge in [-0.25, -0.2) is 4.39 Å². The molecular weight excluding hydrogens is 413 g/mol. The number of benzene rings is 2. The van der Waals surface area contributed by atoms with E-state index in [4.69, 9.17) is 4.74 Å². The van der Waals surface area contributed by atoms with Crippen LogP contribution in [-0.2, 0) is 9.59 Å². The Balaban J connectivity index is 1.56. The van der Waals surface area contributed by atoms with Crippen LogP contribution in [0.3, 0.4) is 0 Å². The van der Waals surface area contributed by atoms with Gasteiger partial charge in [0.05, 0.1) is 19.6 Å². The summed E-state index contributed by atoms with van der Waals surface area (Å²) in [5.41, 5.74) is 0.866. The molecule has 3 amide bonds. The maximum Gasteiger partial charge on any atom is 0.254 e. The van der Waals surface area contributed by atoms with Crippen LogP contribution in [0.2, 0.25) is 0 Å². The average Bonchev–Trinajstić information content (AvgIpc) is 2.80. The first-order valence-electron chi connectivity index (χ1n) is 10.8. The van der Waals surface area contributed by atoms with Crippen LogP contribution >= 0.6 is 0 Å². The number of piperazine rings is 1. The molecule has 0 spiro atoms. The Bertz CT molecular complexity index is 993. The van der Waals surface area contributed by atoms with E-state index < -0.39 is 11.9 Å². The molecule has 3 atom stereocenters. The lowest BCUT2D eigenvalue weighted by Crippen LogP contribution is -2.68. The van der Waals surface area contributed by atoms with E-state index in [9.17, 15) is 18.8 Å². The van der Waals surface area contributed by atoms with Crippen LogP contribution in [-0.4, -0.2) is 47.9 Å². The van der Waals surface area contributed by atoms with Gasteiger partial charge in [-0.15, -0.1) is 0 Å². The SMILES string of the molecule is COc1ccc(NC(=O)C[C@@H]2C(=O)N[C@@H]3CCCC[C@H]3N2C(=O)c2ccc(F)cc2)cc1. The van der Waals surface area contributed by atoms with Crippen LogP contribution in [0.1, 0.15) is 42.5 Å². The Kier molecular flexibility index (Phi) is 6.39. The number of nitrogens with one attached hydrogen (secondary N) is 2. The predicted octanol–water partition coefficient (Wildman–Crippen LogP) is 3.11. The molecule has 2 aliphatic rings. The van der Waals surface area contributed by atoms with Crippen molar-refractivity contribution in [1.29, 1.82) is 0 Å². The number of anilines is 1. The highest BCUT2D eigenvalue weighted by atomic mass is 19.1. The molecule has 32 heavy (non-hydrogen) atoms. The van der Waals surface area contributed by atoms with Crippen LogP contribution < -0.4 is 15.4 Å². The maximum atomic E-state index is 13.4. The second-order valence-electron chi connectivity index (χ2n) is 8.18. The van der Waals surface area contributed by atoms with E-state index in [2.05, 4.69) is 10.6 Å². The van der Waals surface area contributed by atoms with Crippen molar-refractivity contribution >= 4 is 23.4 Å². The average molecular weight is 439 g/mol. The van der Waals surface area contributed by atoms with Gasteiger partial charge in [-0.2, -0.15) is 0 Å². The zero-order valence-corrected chi connectivity index (χ0v) is 17.8. The Morgan fingerprint density at radius 2 is 1.78 bits per heavy atom. The predicted molar refractivity (Wildman–Crippen MR) is 117 cm³/mol. The van der Waals surface area contributed by atoms with Crippen molar-refractivity contribution in [2.24, 2.45) is 0 Å². The van der Waals surface area contributed by atoms with E-state index in [0.29, 0.717) is 17.0 Å². The molecule has 1 saturated heterocycles. The fraction of sp³-hybridized carbons (Fsp3) is 0.375. The molecule has 0 aromatic heterocycles. The van der Waals surface area contributed by atoms with Gasteiger partial charge < -0.3 is 20.3 Å². The minimum atomic E-state index is -0.940. The molecule has 0 bridgehead atoms. The van der Waals surface area contributed by atoms with Crippen LogP contribution in [0, 0.1) is 5.82 Å². The number of methoxy groups -OCH3 is 1. The number of hydrogen-bond donors (Lipinski definition) is 2. The highest BCUT2D eigenvalue weighted by molar-refractivity contribution is 6.01. The third kappa shape index (κ3) is 4.59. The van der Waals surface area contributed by atoms with Gasteiger partial charge in [-0.05, 0) is 61.4 Å². The van der Waals surface area contributed by atoms with E-state index >= 15 is 0 Å². The lowest BCUT2D eigenvalue weighted by molar-refractivity contribution is -0.135. The van der Waals surface area contributed by atoms with Crippen LogP contribution in [0.25, 0.3) is 0 Å². The van der Waals surface area contributed by atoms with Crippen molar-refractivity contribution in [3.05, 3.63) is 59.9 Å². The molecule has 1 aliphatic carbocycles. The summed E-state index contributed by atoms with van der Waals surface area (Å²) in [6.45, 7) is 0. The van der Waals surface area contributed by atoms with Gasteiger partial charge >= 0.3 is 0 Å². The standard InChI is InChI=1S/C24H26FN3O4/c1-32-18-12-10-17(11-13-18)26-22(29)14-21-23(30)27-19-4-2-3-5-20(19)28(21)24(31)15-6-8-16(25)9-7-15/h6-13,19-21H,2-5,14H2,1H3,(H,26,29)(H,27,30)/t19-,20-,21-/m1/s1. The second-order valence-corrected chi connectivity index (χ2v) is 8.18. The van der Waals surface area contributed by atoms with E-state index in [1.54, 1.807) is 36.3 Å². The van der Waals surface area contributed by atoms with Gasteiger partial charge in [-0.1, -0.05) is 12.8 Å². The molecule has 7 nitrogen and oxygen atoms in total. The monoisotopic (exact) mass is 439 g/mol. The first-order valence-corrected chi connectivity index (χ1v) is 10.8. The number of hydrogen-bond acceptors (Lipinski definition) is 4. The number of carbonyl (C=O) groups excluding carboxylic acids is 3. The smallest absolute Gasteiger partial charge is 0.254 e. The fourth-order valence-electron chi connectivity index (χ4n) is 4.54. The minimum Gasteiger partial charge on any atom is -0.497 e. The third-order valence-corrected chi connectivity index (χ3v) is 6.13. The number of rotatable bonds is 5. The molecule has 8 heteroatoms. The molecule has 1 saturated carbocycles. The topological polar surface area (TPSA) is 87.7 Å². The molecule has 2 N–H and O–H groups in total. The van der Waals surface area contributed by atoms with Gasteiger partial charge in [0, 0.05) is 17.3 Å². The summed E-state index contributed by atoms with van der Waals surface area (Å²) in [6, 6.07) is 10.9. The van der Waals surface area contributed by atoms with Gasteiger partial charge in [-0.3, -0.25) is 14.4 Å². The second kappa shape index (κ2) is 9.38. The van der Waals surface area contributed by atoms with Crippen LogP contribution in [0.15, 0.2) is 48.5 Å². The van der Waals surface area contributed by atoms with E-state index in [0.717, 1.165) is 25.7 Å². The summed E-state index contributed by atoms with van der Waals surface area (Å²) >= 11 is 0. The Hall–Kier alpha value is -3.42. The number of nitrogens with zero attached hydrogens (tertiary/aromatic N) is 1. The van der Waals surface area contributed by atoms with E-state index in [-0.39, 0.29) is 36.2 Å². The van der Waals surface area contributed by atoms with Gasteiger partial charge in [0.25, 0.3) is 5.91 Å². The highest BCUT2D eigenvalue weighted by Gasteiger charge is 2.46. The first-order chi connectivity index (χ1) is 15.5. The van der Waals surface area contributed by atoms with Gasteiger partial charge in [0.2, 0.25) is 11.8 Å². The van der Waals surface area contributed by atoms with Crippen molar-refractivity contribution in [2.45, 2.75) is 50.2 Å². The molecular formula is C24H26FN3O4. The maximum absolute atomic E-state index is 13.4.